The Morgan fingerprint density at radius 1 is 1.23 bits per heavy atom. The molecule has 0 fully saturated rings. The second kappa shape index (κ2) is 8.76. The number of hydrogen-bond acceptors (Lipinski definition) is 4. The molecule has 6 nitrogen and oxygen atoms in total. The first-order valence-corrected chi connectivity index (χ1v) is 11.6. The molecule has 0 atom stereocenters. The summed E-state index contributed by atoms with van der Waals surface area (Å²) in [5, 5.41) is 9.83. The third-order valence-corrected chi connectivity index (χ3v) is 6.92. The lowest BCUT2D eigenvalue weighted by molar-refractivity contribution is 0.0728. The standard InChI is InChI=1S/C20H20BrClFN3O3S/c1-20(2,27)7-8-25-30(28,29)18-10-13(4-6-15(18)22)19-24-11-17(26-19)12-3-5-14(21)16(23)9-12/h3-6,9-11,25,27H,7-8H2,1-2H3,(H,24,26). The second-order valence-electron chi connectivity index (χ2n) is 7.38. The second-order valence-corrected chi connectivity index (χ2v) is 10.4. The summed E-state index contributed by atoms with van der Waals surface area (Å²) in [5.41, 5.74) is 0.695. The average Bonchev–Trinajstić information content (AvgIpc) is 3.13. The molecule has 1 aromatic heterocycles. The maximum Gasteiger partial charge on any atom is 0.242 e. The molecule has 0 aliphatic rings. The summed E-state index contributed by atoms with van der Waals surface area (Å²) in [7, 11) is -3.89. The van der Waals surface area contributed by atoms with Gasteiger partial charge in [0.25, 0.3) is 0 Å². The van der Waals surface area contributed by atoms with Crippen LogP contribution in [0.5, 0.6) is 0 Å². The summed E-state index contributed by atoms with van der Waals surface area (Å²) in [6, 6.07) is 9.23. The molecule has 0 bridgehead atoms. The van der Waals surface area contributed by atoms with Crippen LogP contribution in [0.2, 0.25) is 5.02 Å². The van der Waals surface area contributed by atoms with Gasteiger partial charge >= 0.3 is 0 Å². The van der Waals surface area contributed by atoms with Gasteiger partial charge in [-0.2, -0.15) is 0 Å². The van der Waals surface area contributed by atoms with Gasteiger partial charge in [0.2, 0.25) is 10.0 Å². The Morgan fingerprint density at radius 2 is 1.93 bits per heavy atom. The van der Waals surface area contributed by atoms with Crippen molar-refractivity contribution in [3.63, 3.8) is 0 Å². The summed E-state index contributed by atoms with van der Waals surface area (Å²) in [5.74, 6) is 0.0126. The van der Waals surface area contributed by atoms with E-state index in [0.29, 0.717) is 27.1 Å². The van der Waals surface area contributed by atoms with Crippen molar-refractivity contribution in [1.29, 1.82) is 0 Å². The zero-order valence-electron chi connectivity index (χ0n) is 16.2. The van der Waals surface area contributed by atoms with E-state index < -0.39 is 21.4 Å². The van der Waals surface area contributed by atoms with Crippen LogP contribution in [0.1, 0.15) is 20.3 Å². The molecule has 10 heteroatoms. The number of imidazole rings is 1. The maximum absolute atomic E-state index is 13.8. The highest BCUT2D eigenvalue weighted by molar-refractivity contribution is 9.10. The number of aliphatic hydroxyl groups is 1. The summed E-state index contributed by atoms with van der Waals surface area (Å²) in [6.07, 6.45) is 1.79. The van der Waals surface area contributed by atoms with Gasteiger partial charge in [0.15, 0.2) is 0 Å². The summed E-state index contributed by atoms with van der Waals surface area (Å²) in [4.78, 5) is 7.26. The monoisotopic (exact) mass is 515 g/mol. The molecule has 160 valence electrons. The van der Waals surface area contributed by atoms with E-state index in [-0.39, 0.29) is 22.9 Å². The van der Waals surface area contributed by atoms with Crippen LogP contribution in [-0.2, 0) is 10.0 Å². The fraction of sp³-hybridized carbons (Fsp3) is 0.250. The van der Waals surface area contributed by atoms with Gasteiger partial charge in [-0.15, -0.1) is 0 Å². The zero-order valence-corrected chi connectivity index (χ0v) is 19.4. The number of nitrogens with one attached hydrogen (secondary N) is 2. The van der Waals surface area contributed by atoms with Crippen LogP contribution in [0.25, 0.3) is 22.6 Å². The molecule has 0 aliphatic heterocycles. The lowest BCUT2D eigenvalue weighted by Crippen LogP contribution is -2.31. The Labute approximate surface area is 187 Å². The van der Waals surface area contributed by atoms with Crippen molar-refractivity contribution in [2.24, 2.45) is 0 Å². The summed E-state index contributed by atoms with van der Waals surface area (Å²) >= 11 is 9.24. The van der Waals surface area contributed by atoms with E-state index in [4.69, 9.17) is 11.6 Å². The number of halogens is 3. The van der Waals surface area contributed by atoms with Gasteiger partial charge in [0.05, 0.1) is 27.0 Å². The van der Waals surface area contributed by atoms with Crippen molar-refractivity contribution >= 4 is 37.6 Å². The highest BCUT2D eigenvalue weighted by Crippen LogP contribution is 2.29. The quantitative estimate of drug-likeness (QED) is 0.423. The van der Waals surface area contributed by atoms with Crippen molar-refractivity contribution < 1.29 is 17.9 Å². The van der Waals surface area contributed by atoms with Crippen molar-refractivity contribution in [2.75, 3.05) is 6.54 Å². The average molecular weight is 517 g/mol. The van der Waals surface area contributed by atoms with Crippen LogP contribution < -0.4 is 4.72 Å². The SMILES string of the molecule is CC(C)(O)CCNS(=O)(=O)c1cc(-c2ncc(-c3ccc(Br)c(F)c3)[nH]2)ccc1Cl. The number of rotatable bonds is 7. The van der Waals surface area contributed by atoms with Gasteiger partial charge in [-0.25, -0.2) is 22.5 Å². The topological polar surface area (TPSA) is 95.1 Å². The lowest BCUT2D eigenvalue weighted by atomic mass is 10.1. The minimum atomic E-state index is -3.89. The van der Waals surface area contributed by atoms with Gasteiger partial charge in [-0.1, -0.05) is 17.7 Å². The largest absolute Gasteiger partial charge is 0.390 e. The molecule has 2 aromatic carbocycles. The third-order valence-electron chi connectivity index (χ3n) is 4.33. The van der Waals surface area contributed by atoms with E-state index in [1.165, 1.54) is 18.2 Å². The Bertz CT molecular complexity index is 1180. The molecule has 3 aromatic rings. The van der Waals surface area contributed by atoms with E-state index in [1.807, 2.05) is 0 Å². The molecule has 3 rings (SSSR count). The molecule has 30 heavy (non-hydrogen) atoms. The number of sulfonamides is 1. The first-order chi connectivity index (χ1) is 14.0. The van der Waals surface area contributed by atoms with Gasteiger partial charge in [0, 0.05) is 17.7 Å². The molecular formula is C20H20BrClFN3O3S. The Balaban J connectivity index is 1.88. The van der Waals surface area contributed by atoms with Crippen molar-refractivity contribution in [3.05, 3.63) is 57.9 Å². The number of aromatic nitrogens is 2. The van der Waals surface area contributed by atoms with Crippen molar-refractivity contribution in [1.82, 2.24) is 14.7 Å². The van der Waals surface area contributed by atoms with Crippen LogP contribution in [0, 0.1) is 5.82 Å². The molecule has 0 spiro atoms. The number of nitrogens with zero attached hydrogens (tertiary/aromatic N) is 1. The van der Waals surface area contributed by atoms with Gasteiger partial charge in [-0.05, 0) is 66.5 Å². The molecule has 3 N–H and O–H groups in total. The van der Waals surface area contributed by atoms with Crippen molar-refractivity contribution in [2.45, 2.75) is 30.8 Å². The predicted molar refractivity (Wildman–Crippen MR) is 118 cm³/mol. The summed E-state index contributed by atoms with van der Waals surface area (Å²) in [6.45, 7) is 3.26. The highest BCUT2D eigenvalue weighted by atomic mass is 79.9. The number of benzene rings is 2. The number of H-pyrrole nitrogens is 1. The Hall–Kier alpha value is -1.78. The number of hydrogen-bond donors (Lipinski definition) is 3. The first kappa shape index (κ1) is 22.9. The fourth-order valence-corrected chi connectivity index (χ4v) is 4.51. The van der Waals surface area contributed by atoms with Gasteiger partial charge < -0.3 is 10.1 Å². The summed E-state index contributed by atoms with van der Waals surface area (Å²) < 4.78 is 41.9. The molecule has 1 heterocycles. The molecule has 0 saturated carbocycles. The zero-order chi connectivity index (χ0) is 22.1. The molecule has 0 amide bonds. The lowest BCUT2D eigenvalue weighted by Gasteiger charge is -2.17. The molecule has 0 radical (unpaired) electrons. The van der Waals surface area contributed by atoms with Gasteiger partial charge in [0.1, 0.15) is 16.5 Å². The molecule has 0 aliphatic carbocycles. The Kier molecular flexibility index (Phi) is 6.69. The third kappa shape index (κ3) is 5.47. The van der Waals surface area contributed by atoms with Crippen LogP contribution in [0.15, 0.2) is 52.0 Å². The Morgan fingerprint density at radius 3 is 2.60 bits per heavy atom. The normalized spacial score (nSPS) is 12.3. The fourth-order valence-electron chi connectivity index (χ4n) is 2.70. The van der Waals surface area contributed by atoms with Crippen LogP contribution >= 0.6 is 27.5 Å². The highest BCUT2D eigenvalue weighted by Gasteiger charge is 2.21. The minimum absolute atomic E-state index is 0.0619. The predicted octanol–water partition coefficient (Wildman–Crippen LogP) is 4.74. The first-order valence-electron chi connectivity index (χ1n) is 8.99. The van der Waals surface area contributed by atoms with Crippen LogP contribution in [-0.4, -0.2) is 35.6 Å². The van der Waals surface area contributed by atoms with Crippen LogP contribution in [0.4, 0.5) is 4.39 Å². The minimum Gasteiger partial charge on any atom is -0.390 e. The van der Waals surface area contributed by atoms with E-state index >= 15 is 0 Å². The van der Waals surface area contributed by atoms with Crippen molar-refractivity contribution in [3.8, 4) is 22.6 Å². The number of aromatic amines is 1. The van der Waals surface area contributed by atoms with Crippen LogP contribution in [0.3, 0.4) is 0 Å². The molecule has 0 saturated heterocycles. The van der Waals surface area contributed by atoms with E-state index in [2.05, 4.69) is 30.6 Å². The molecule has 0 unspecified atom stereocenters. The van der Waals surface area contributed by atoms with E-state index in [0.717, 1.165) is 0 Å². The van der Waals surface area contributed by atoms with E-state index in [1.54, 1.807) is 38.2 Å². The smallest absolute Gasteiger partial charge is 0.242 e. The molecular weight excluding hydrogens is 497 g/mol. The maximum atomic E-state index is 13.8. The van der Waals surface area contributed by atoms with Gasteiger partial charge in [-0.3, -0.25) is 0 Å². The van der Waals surface area contributed by atoms with E-state index in [9.17, 15) is 17.9 Å².